The lowest BCUT2D eigenvalue weighted by atomic mass is 9.93. The van der Waals surface area contributed by atoms with Gasteiger partial charge in [0.05, 0.1) is 18.7 Å². The van der Waals surface area contributed by atoms with Crippen molar-refractivity contribution in [3.63, 3.8) is 0 Å². The number of aliphatic hydroxyl groups is 1. The predicted octanol–water partition coefficient (Wildman–Crippen LogP) is 3.14. The fraction of sp³-hybridized carbons (Fsp3) is 0.296. The number of aliphatic hydroxyl groups excluding tert-OH is 1. The largest absolute Gasteiger partial charge is 0.508 e. The SMILES string of the molecule is CC(=O)C1=CN=CC=CN1C(=O)Cc1cccc(CC(C)(C)NCC(O)c2cc(O)cc(O)c2)c1. The minimum Gasteiger partial charge on any atom is -0.508 e. The first-order valence-corrected chi connectivity index (χ1v) is 11.3. The van der Waals surface area contributed by atoms with Crippen LogP contribution in [0.25, 0.3) is 0 Å². The van der Waals surface area contributed by atoms with Gasteiger partial charge in [0.25, 0.3) is 0 Å². The van der Waals surface area contributed by atoms with E-state index in [2.05, 4.69) is 10.3 Å². The third kappa shape index (κ3) is 7.37. The molecule has 1 heterocycles. The molecule has 0 aliphatic carbocycles. The maximum absolute atomic E-state index is 12.9. The van der Waals surface area contributed by atoms with Crippen LogP contribution >= 0.6 is 0 Å². The van der Waals surface area contributed by atoms with Gasteiger partial charge in [-0.25, -0.2) is 0 Å². The minimum absolute atomic E-state index is 0.112. The second kappa shape index (κ2) is 11.1. The van der Waals surface area contributed by atoms with Crippen LogP contribution in [-0.4, -0.2) is 50.2 Å². The van der Waals surface area contributed by atoms with Crippen LogP contribution in [0.4, 0.5) is 0 Å². The lowest BCUT2D eigenvalue weighted by Crippen LogP contribution is -2.43. The van der Waals surface area contributed by atoms with Crippen molar-refractivity contribution in [1.82, 2.24) is 10.2 Å². The van der Waals surface area contributed by atoms with Crippen LogP contribution in [0, 0.1) is 0 Å². The van der Waals surface area contributed by atoms with Crippen molar-refractivity contribution in [2.75, 3.05) is 6.54 Å². The lowest BCUT2D eigenvalue weighted by molar-refractivity contribution is -0.128. The summed E-state index contributed by atoms with van der Waals surface area (Å²) < 4.78 is 0. The first-order valence-electron chi connectivity index (χ1n) is 11.3. The van der Waals surface area contributed by atoms with E-state index in [-0.39, 0.29) is 41.9 Å². The third-order valence-electron chi connectivity index (χ3n) is 5.57. The Morgan fingerprint density at radius 1 is 1.09 bits per heavy atom. The van der Waals surface area contributed by atoms with E-state index in [0.717, 1.165) is 11.1 Å². The summed E-state index contributed by atoms with van der Waals surface area (Å²) in [5.74, 6) is -0.704. The number of phenolic OH excluding ortho intramolecular Hbond substituents is 2. The number of carbonyl (C=O) groups is 2. The van der Waals surface area contributed by atoms with Gasteiger partial charge in [0.2, 0.25) is 5.91 Å². The molecule has 1 aliphatic rings. The zero-order chi connectivity index (χ0) is 25.6. The van der Waals surface area contributed by atoms with E-state index >= 15 is 0 Å². The zero-order valence-corrected chi connectivity index (χ0v) is 20.1. The number of hydrogen-bond acceptors (Lipinski definition) is 7. The molecule has 1 amide bonds. The van der Waals surface area contributed by atoms with Crippen LogP contribution in [0.5, 0.6) is 11.5 Å². The average Bonchev–Trinajstić information content (AvgIpc) is 3.03. The molecule has 8 nitrogen and oxygen atoms in total. The molecule has 184 valence electrons. The van der Waals surface area contributed by atoms with Gasteiger partial charge in [0, 0.05) is 37.5 Å². The van der Waals surface area contributed by atoms with Gasteiger partial charge in [-0.15, -0.1) is 0 Å². The number of allylic oxidation sites excluding steroid dienone is 2. The van der Waals surface area contributed by atoms with Gasteiger partial charge < -0.3 is 20.6 Å². The second-order valence-corrected chi connectivity index (χ2v) is 9.21. The molecule has 1 atom stereocenters. The number of hydrogen-bond donors (Lipinski definition) is 4. The number of nitrogens with zero attached hydrogens (tertiary/aromatic N) is 2. The number of amides is 1. The van der Waals surface area contributed by atoms with Crippen LogP contribution in [0.1, 0.15) is 43.6 Å². The maximum atomic E-state index is 12.9. The predicted molar refractivity (Wildman–Crippen MR) is 134 cm³/mol. The van der Waals surface area contributed by atoms with Crippen molar-refractivity contribution in [3.05, 3.63) is 83.3 Å². The Bertz CT molecular complexity index is 1160. The van der Waals surface area contributed by atoms with Crippen molar-refractivity contribution in [3.8, 4) is 11.5 Å². The number of Topliss-reactive ketones (excluding diaryl/α,β-unsaturated/α-hetero) is 1. The van der Waals surface area contributed by atoms with Crippen LogP contribution in [0.2, 0.25) is 0 Å². The first-order chi connectivity index (χ1) is 16.5. The van der Waals surface area contributed by atoms with Gasteiger partial charge in [-0.05, 0) is 55.2 Å². The fourth-order valence-electron chi connectivity index (χ4n) is 3.89. The molecule has 1 unspecified atom stereocenters. The van der Waals surface area contributed by atoms with E-state index in [9.17, 15) is 24.9 Å². The number of carbonyl (C=O) groups excluding carboxylic acids is 2. The van der Waals surface area contributed by atoms with Crippen LogP contribution in [0.15, 0.2) is 71.6 Å². The molecule has 2 aromatic carbocycles. The summed E-state index contributed by atoms with van der Waals surface area (Å²) in [7, 11) is 0. The molecule has 2 aromatic rings. The Balaban J connectivity index is 1.63. The van der Waals surface area contributed by atoms with E-state index in [1.807, 2.05) is 38.1 Å². The molecule has 0 fully saturated rings. The van der Waals surface area contributed by atoms with Gasteiger partial charge >= 0.3 is 0 Å². The van der Waals surface area contributed by atoms with Crippen LogP contribution in [-0.2, 0) is 22.4 Å². The first kappa shape index (κ1) is 25.9. The average molecular weight is 478 g/mol. The number of phenols is 2. The lowest BCUT2D eigenvalue weighted by Gasteiger charge is -2.28. The van der Waals surface area contributed by atoms with Crippen LogP contribution < -0.4 is 5.32 Å². The molecule has 8 heteroatoms. The molecule has 0 saturated carbocycles. The highest BCUT2D eigenvalue weighted by Crippen LogP contribution is 2.25. The minimum atomic E-state index is -0.912. The normalized spacial score (nSPS) is 14.4. The summed E-state index contributed by atoms with van der Waals surface area (Å²) in [5, 5.41) is 33.1. The number of nitrogens with one attached hydrogen (secondary N) is 1. The Kier molecular flexibility index (Phi) is 8.22. The molecule has 35 heavy (non-hydrogen) atoms. The highest BCUT2D eigenvalue weighted by atomic mass is 16.3. The fourth-order valence-corrected chi connectivity index (χ4v) is 3.89. The molecule has 3 rings (SSSR count). The second-order valence-electron chi connectivity index (χ2n) is 9.21. The maximum Gasteiger partial charge on any atom is 0.235 e. The number of rotatable bonds is 9. The summed E-state index contributed by atoms with van der Waals surface area (Å²) in [6.45, 7) is 5.63. The van der Waals surface area contributed by atoms with Crippen molar-refractivity contribution in [1.29, 1.82) is 0 Å². The molecule has 0 radical (unpaired) electrons. The molecular weight excluding hydrogens is 446 g/mol. The Morgan fingerprint density at radius 3 is 2.46 bits per heavy atom. The number of ketones is 1. The van der Waals surface area contributed by atoms with E-state index in [0.29, 0.717) is 12.0 Å². The Labute approximate surface area is 204 Å². The molecule has 0 spiro atoms. The highest BCUT2D eigenvalue weighted by molar-refractivity contribution is 5.99. The number of aliphatic imine (C=N–C) groups is 1. The summed E-state index contributed by atoms with van der Waals surface area (Å²) in [6.07, 6.45) is 5.90. The van der Waals surface area contributed by atoms with E-state index in [1.165, 1.54) is 42.4 Å². The summed E-state index contributed by atoms with van der Waals surface area (Å²) in [6, 6.07) is 11.7. The molecular formula is C27H31N3O5. The molecule has 0 bridgehead atoms. The topological polar surface area (TPSA) is 122 Å². The Morgan fingerprint density at radius 2 is 1.77 bits per heavy atom. The Hall–Kier alpha value is -3.75. The van der Waals surface area contributed by atoms with Crippen molar-refractivity contribution >= 4 is 17.9 Å². The van der Waals surface area contributed by atoms with E-state index in [1.54, 1.807) is 12.3 Å². The van der Waals surface area contributed by atoms with Crippen LogP contribution in [0.3, 0.4) is 0 Å². The summed E-state index contributed by atoms with van der Waals surface area (Å²) >= 11 is 0. The third-order valence-corrected chi connectivity index (χ3v) is 5.57. The van der Waals surface area contributed by atoms with E-state index in [4.69, 9.17) is 0 Å². The molecule has 0 saturated heterocycles. The molecule has 4 N–H and O–H groups in total. The van der Waals surface area contributed by atoms with Gasteiger partial charge in [-0.1, -0.05) is 24.3 Å². The van der Waals surface area contributed by atoms with Gasteiger partial charge in [0.1, 0.15) is 17.2 Å². The standard InChI is InChI=1S/C27H31N3O5/c1-18(31)24-16-28-8-5-9-30(24)26(35)11-19-6-4-7-20(10-19)15-27(2,3)29-17-25(34)21-12-22(32)14-23(33)13-21/h4-10,12-14,16,25,29,32-34H,11,15,17H2,1-3H3. The van der Waals surface area contributed by atoms with Crippen molar-refractivity contribution in [2.24, 2.45) is 4.99 Å². The number of aromatic hydroxyl groups is 2. The molecule has 0 aromatic heterocycles. The number of β-amino-alcohol motifs (C(OH)–C–C–N with tert-alkyl or cyclic N) is 1. The number of benzene rings is 2. The summed E-state index contributed by atoms with van der Waals surface area (Å²) in [5.41, 5.74) is 2.07. The van der Waals surface area contributed by atoms with Crippen molar-refractivity contribution in [2.45, 2.75) is 45.3 Å². The summed E-state index contributed by atoms with van der Waals surface area (Å²) in [4.78, 5) is 30.2. The molecule has 1 aliphatic heterocycles. The highest BCUT2D eigenvalue weighted by Gasteiger charge is 2.22. The van der Waals surface area contributed by atoms with Crippen molar-refractivity contribution < 1.29 is 24.9 Å². The van der Waals surface area contributed by atoms with Gasteiger partial charge in [-0.3, -0.25) is 19.5 Å². The smallest absolute Gasteiger partial charge is 0.235 e. The van der Waals surface area contributed by atoms with Gasteiger partial charge in [0.15, 0.2) is 5.78 Å². The van der Waals surface area contributed by atoms with Gasteiger partial charge in [-0.2, -0.15) is 0 Å². The monoisotopic (exact) mass is 477 g/mol. The quantitative estimate of drug-likeness (QED) is 0.440. The zero-order valence-electron chi connectivity index (χ0n) is 20.1. The van der Waals surface area contributed by atoms with E-state index < -0.39 is 11.6 Å².